The number of hydrogen-bond acceptors (Lipinski definition) is 5. The molecule has 2 heterocycles. The number of carboxylic acid groups (broad SMARTS) is 1. The second kappa shape index (κ2) is 7.91. The zero-order valence-electron chi connectivity index (χ0n) is 14.9. The molecule has 146 valence electrons. The van der Waals surface area contributed by atoms with Crippen molar-refractivity contribution in [2.45, 2.75) is 6.54 Å². The molecule has 4 rings (SSSR count). The Balaban J connectivity index is 1.47. The molecule has 1 saturated heterocycles. The lowest BCUT2D eigenvalue weighted by Gasteiger charge is -2.36. The normalized spacial score (nSPS) is 15.1. The van der Waals surface area contributed by atoms with Crippen LogP contribution in [0.4, 0.5) is 10.5 Å². The summed E-state index contributed by atoms with van der Waals surface area (Å²) in [6, 6.07) is 13.1. The molecule has 0 saturated carbocycles. The van der Waals surface area contributed by atoms with Crippen LogP contribution in [-0.2, 0) is 6.54 Å². The van der Waals surface area contributed by atoms with Crippen LogP contribution in [0.5, 0.6) is 5.95 Å². The van der Waals surface area contributed by atoms with E-state index in [4.69, 9.17) is 32.7 Å². The van der Waals surface area contributed by atoms with E-state index in [-0.39, 0.29) is 5.95 Å². The molecule has 0 unspecified atom stereocenters. The van der Waals surface area contributed by atoms with Gasteiger partial charge in [-0.05, 0) is 23.8 Å². The number of benzene rings is 2. The molecule has 0 radical (unpaired) electrons. The predicted octanol–water partition coefficient (Wildman–Crippen LogP) is 5.12. The maximum atomic E-state index is 10.7. The van der Waals surface area contributed by atoms with E-state index in [1.165, 1.54) is 6.07 Å². The Bertz CT molecular complexity index is 1010. The van der Waals surface area contributed by atoms with Gasteiger partial charge in [0.1, 0.15) is 5.58 Å². The lowest BCUT2D eigenvalue weighted by molar-refractivity contribution is 0.134. The summed E-state index contributed by atoms with van der Waals surface area (Å²) < 4.78 is 9.95. The van der Waals surface area contributed by atoms with Crippen molar-refractivity contribution in [3.05, 3.63) is 58.1 Å². The van der Waals surface area contributed by atoms with Crippen molar-refractivity contribution in [2.75, 3.05) is 31.1 Å². The summed E-state index contributed by atoms with van der Waals surface area (Å²) in [5.41, 5.74) is 2.51. The summed E-state index contributed by atoms with van der Waals surface area (Å²) in [7, 11) is 0. The van der Waals surface area contributed by atoms with Gasteiger partial charge < -0.3 is 19.2 Å². The Labute approximate surface area is 171 Å². The van der Waals surface area contributed by atoms with Gasteiger partial charge in [0.2, 0.25) is 0 Å². The topological polar surface area (TPSA) is 66.2 Å². The smallest absolute Gasteiger partial charge is 0.449 e. The third-order valence-corrected chi connectivity index (χ3v) is 5.61. The minimum atomic E-state index is -1.43. The summed E-state index contributed by atoms with van der Waals surface area (Å²) in [5, 5.41) is 10.7. The van der Waals surface area contributed by atoms with Crippen LogP contribution in [0.25, 0.3) is 11.0 Å². The molecule has 6 nitrogen and oxygen atoms in total. The second-order valence-corrected chi connectivity index (χ2v) is 7.38. The fourth-order valence-electron chi connectivity index (χ4n) is 3.44. The highest BCUT2D eigenvalue weighted by Gasteiger charge is 2.22. The van der Waals surface area contributed by atoms with Gasteiger partial charge in [-0.2, -0.15) is 0 Å². The van der Waals surface area contributed by atoms with Crippen LogP contribution in [0.1, 0.15) is 5.56 Å². The Hall–Kier alpha value is -2.41. The molecule has 2 aromatic carbocycles. The number of hydrogen-bond donors (Lipinski definition) is 1. The van der Waals surface area contributed by atoms with Gasteiger partial charge in [0.05, 0.1) is 10.7 Å². The predicted molar refractivity (Wildman–Crippen MR) is 109 cm³/mol. The van der Waals surface area contributed by atoms with E-state index in [9.17, 15) is 4.79 Å². The van der Waals surface area contributed by atoms with Crippen LogP contribution in [-0.4, -0.2) is 42.3 Å². The fraction of sp³-hybridized carbons (Fsp3) is 0.250. The van der Waals surface area contributed by atoms with Gasteiger partial charge in [-0.1, -0.05) is 41.4 Å². The maximum absolute atomic E-state index is 10.7. The van der Waals surface area contributed by atoms with Crippen molar-refractivity contribution in [3.8, 4) is 5.95 Å². The third kappa shape index (κ3) is 3.90. The summed E-state index contributed by atoms with van der Waals surface area (Å²) in [5.74, 6) is -0.0916. The van der Waals surface area contributed by atoms with Gasteiger partial charge in [0, 0.05) is 49.2 Å². The average molecular weight is 421 g/mol. The summed E-state index contributed by atoms with van der Waals surface area (Å²) in [4.78, 5) is 15.3. The maximum Gasteiger partial charge on any atom is 0.513 e. The first-order chi connectivity index (χ1) is 13.5. The summed E-state index contributed by atoms with van der Waals surface area (Å²) in [6.45, 7) is 4.24. The number of furan rings is 1. The highest BCUT2D eigenvalue weighted by Crippen LogP contribution is 2.37. The van der Waals surface area contributed by atoms with Gasteiger partial charge in [0.15, 0.2) is 0 Å². The van der Waals surface area contributed by atoms with Gasteiger partial charge in [-0.25, -0.2) is 4.79 Å². The minimum absolute atomic E-state index is 0.0916. The molecular weight excluding hydrogens is 403 g/mol. The van der Waals surface area contributed by atoms with E-state index in [1.807, 2.05) is 24.3 Å². The van der Waals surface area contributed by atoms with Crippen molar-refractivity contribution in [1.29, 1.82) is 0 Å². The van der Waals surface area contributed by atoms with Gasteiger partial charge in [-0.15, -0.1) is 0 Å². The lowest BCUT2D eigenvalue weighted by Crippen LogP contribution is -2.46. The molecule has 1 aromatic heterocycles. The highest BCUT2D eigenvalue weighted by atomic mass is 35.5. The van der Waals surface area contributed by atoms with Crippen LogP contribution in [0, 0.1) is 0 Å². The number of fused-ring (bicyclic) bond motifs is 1. The number of ether oxygens (including phenoxy) is 1. The molecule has 0 bridgehead atoms. The monoisotopic (exact) mass is 420 g/mol. The van der Waals surface area contributed by atoms with Crippen molar-refractivity contribution < 1.29 is 19.1 Å². The Morgan fingerprint density at radius 1 is 1.11 bits per heavy atom. The average Bonchev–Trinajstić information content (AvgIpc) is 3.07. The first kappa shape index (κ1) is 18.9. The molecule has 0 spiro atoms. The van der Waals surface area contributed by atoms with Crippen LogP contribution in [0.3, 0.4) is 0 Å². The molecule has 3 aromatic rings. The van der Waals surface area contributed by atoms with E-state index in [1.54, 1.807) is 6.07 Å². The van der Waals surface area contributed by atoms with Gasteiger partial charge >= 0.3 is 6.16 Å². The number of piperazine rings is 1. The Kier molecular flexibility index (Phi) is 5.35. The molecular formula is C20H18Cl2N2O4. The van der Waals surface area contributed by atoms with Crippen molar-refractivity contribution >= 4 is 46.0 Å². The van der Waals surface area contributed by atoms with Crippen LogP contribution in [0.2, 0.25) is 10.0 Å². The molecule has 0 atom stereocenters. The Morgan fingerprint density at radius 3 is 2.57 bits per heavy atom. The number of nitrogens with zero attached hydrogens (tertiary/aromatic N) is 2. The van der Waals surface area contributed by atoms with E-state index in [2.05, 4.69) is 20.6 Å². The number of carbonyl (C=O) groups is 1. The molecule has 0 aliphatic carbocycles. The first-order valence-corrected chi connectivity index (χ1v) is 9.60. The van der Waals surface area contributed by atoms with Crippen LogP contribution >= 0.6 is 23.2 Å². The number of rotatable bonds is 4. The summed E-state index contributed by atoms with van der Waals surface area (Å²) >= 11 is 12.8. The molecule has 8 heteroatoms. The SMILES string of the molecule is O=C(O)Oc1cc2c(Cl)c(N3CCN(Cc4ccccc4Cl)CC3)ccc2o1. The van der Waals surface area contributed by atoms with Crippen molar-refractivity contribution in [1.82, 2.24) is 4.90 Å². The van der Waals surface area contributed by atoms with Gasteiger partial charge in [0.25, 0.3) is 5.95 Å². The fourth-order valence-corrected chi connectivity index (χ4v) is 3.96. The molecule has 1 aliphatic heterocycles. The molecule has 1 fully saturated rings. The Morgan fingerprint density at radius 2 is 1.86 bits per heavy atom. The van der Waals surface area contributed by atoms with Crippen molar-refractivity contribution in [2.24, 2.45) is 0 Å². The molecule has 28 heavy (non-hydrogen) atoms. The highest BCUT2D eigenvalue weighted by molar-refractivity contribution is 6.38. The standard InChI is InChI=1S/C20H18Cl2N2O4/c21-15-4-2-1-3-13(15)12-23-7-9-24(10-8-23)16-5-6-17-14(19(16)22)11-18(27-17)28-20(25)26/h1-6,11H,7-10,12H2,(H,25,26). The summed E-state index contributed by atoms with van der Waals surface area (Å²) in [6.07, 6.45) is -1.43. The van der Waals surface area contributed by atoms with E-state index < -0.39 is 6.16 Å². The van der Waals surface area contributed by atoms with E-state index in [0.29, 0.717) is 16.0 Å². The van der Waals surface area contributed by atoms with E-state index in [0.717, 1.165) is 49.0 Å². The first-order valence-electron chi connectivity index (χ1n) is 8.85. The van der Waals surface area contributed by atoms with Crippen molar-refractivity contribution in [3.63, 3.8) is 0 Å². The quantitative estimate of drug-likeness (QED) is 0.590. The second-order valence-electron chi connectivity index (χ2n) is 6.60. The van der Waals surface area contributed by atoms with Crippen LogP contribution in [0.15, 0.2) is 46.9 Å². The van der Waals surface area contributed by atoms with Gasteiger partial charge in [-0.3, -0.25) is 4.90 Å². The zero-order chi connectivity index (χ0) is 19.7. The molecule has 1 N–H and O–H groups in total. The molecule has 1 aliphatic rings. The largest absolute Gasteiger partial charge is 0.513 e. The van der Waals surface area contributed by atoms with Crippen LogP contribution < -0.4 is 9.64 Å². The minimum Gasteiger partial charge on any atom is -0.449 e. The lowest BCUT2D eigenvalue weighted by atomic mass is 10.1. The third-order valence-electron chi connectivity index (χ3n) is 4.84. The van der Waals surface area contributed by atoms with E-state index >= 15 is 0 Å². The number of anilines is 1. The number of halogens is 2. The molecule has 0 amide bonds. The zero-order valence-corrected chi connectivity index (χ0v) is 16.4.